The second-order valence-corrected chi connectivity index (χ2v) is 5.96. The topological polar surface area (TPSA) is 40.5 Å². The van der Waals surface area contributed by atoms with Gasteiger partial charge in [-0.3, -0.25) is 4.79 Å². The third-order valence-corrected chi connectivity index (χ3v) is 4.69. The number of hydrogen-bond acceptors (Lipinski definition) is 3. The molecule has 2 heterocycles. The SMILES string of the molecule is O=C(c1sccc1Cl)N1CC(O)(C2CC2)C1. The molecule has 0 atom stereocenters. The Morgan fingerprint density at radius 2 is 2.25 bits per heavy atom. The van der Waals surface area contributed by atoms with Gasteiger partial charge in [0.05, 0.1) is 18.1 Å². The summed E-state index contributed by atoms with van der Waals surface area (Å²) in [4.78, 5) is 14.2. The van der Waals surface area contributed by atoms with Crippen molar-refractivity contribution >= 4 is 28.8 Å². The molecular formula is C11H12ClNO2S. The molecule has 3 nitrogen and oxygen atoms in total. The average Bonchev–Trinajstić information content (AvgIpc) is 2.97. The van der Waals surface area contributed by atoms with Crippen molar-refractivity contribution in [2.45, 2.75) is 18.4 Å². The second kappa shape index (κ2) is 3.45. The molecule has 3 rings (SSSR count). The number of thiophene rings is 1. The van der Waals surface area contributed by atoms with Gasteiger partial charge in [0.25, 0.3) is 5.91 Å². The van der Waals surface area contributed by atoms with E-state index in [0.29, 0.717) is 28.9 Å². The highest BCUT2D eigenvalue weighted by Crippen LogP contribution is 2.45. The minimum atomic E-state index is -0.612. The van der Waals surface area contributed by atoms with Crippen LogP contribution in [0.3, 0.4) is 0 Å². The van der Waals surface area contributed by atoms with Crippen LogP contribution in [-0.2, 0) is 0 Å². The summed E-state index contributed by atoms with van der Waals surface area (Å²) in [7, 11) is 0. The fourth-order valence-corrected chi connectivity index (χ4v) is 3.33. The zero-order valence-corrected chi connectivity index (χ0v) is 10.2. The molecule has 1 saturated heterocycles. The van der Waals surface area contributed by atoms with Crippen molar-refractivity contribution in [2.75, 3.05) is 13.1 Å². The molecule has 5 heteroatoms. The first-order chi connectivity index (χ1) is 7.60. The minimum absolute atomic E-state index is 0.0506. The average molecular weight is 258 g/mol. The number of likely N-dealkylation sites (tertiary alicyclic amines) is 1. The lowest BCUT2D eigenvalue weighted by atomic mass is 9.88. The lowest BCUT2D eigenvalue weighted by molar-refractivity contribution is -0.0956. The van der Waals surface area contributed by atoms with Crippen LogP contribution in [0.5, 0.6) is 0 Å². The first kappa shape index (κ1) is 10.6. The molecule has 1 aromatic rings. The van der Waals surface area contributed by atoms with Gasteiger partial charge in [0, 0.05) is 0 Å². The number of carbonyl (C=O) groups excluding carboxylic acids is 1. The number of nitrogens with zero attached hydrogens (tertiary/aromatic N) is 1. The molecule has 1 aromatic heterocycles. The fraction of sp³-hybridized carbons (Fsp3) is 0.545. The van der Waals surface area contributed by atoms with E-state index in [4.69, 9.17) is 11.6 Å². The van der Waals surface area contributed by atoms with Gasteiger partial charge in [-0.1, -0.05) is 11.6 Å². The van der Waals surface area contributed by atoms with Crippen LogP contribution in [0.2, 0.25) is 5.02 Å². The van der Waals surface area contributed by atoms with Gasteiger partial charge in [0.2, 0.25) is 0 Å². The summed E-state index contributed by atoms with van der Waals surface area (Å²) >= 11 is 7.26. The Balaban J connectivity index is 1.68. The Bertz CT molecular complexity index is 435. The molecule has 1 amide bonds. The van der Waals surface area contributed by atoms with Crippen LogP contribution < -0.4 is 0 Å². The van der Waals surface area contributed by atoms with Crippen molar-refractivity contribution in [3.05, 3.63) is 21.3 Å². The van der Waals surface area contributed by atoms with Gasteiger partial charge >= 0.3 is 0 Å². The number of halogens is 1. The molecule has 2 fully saturated rings. The van der Waals surface area contributed by atoms with Crippen LogP contribution in [-0.4, -0.2) is 34.6 Å². The summed E-state index contributed by atoms with van der Waals surface area (Å²) < 4.78 is 0. The minimum Gasteiger partial charge on any atom is -0.386 e. The zero-order chi connectivity index (χ0) is 11.3. The van der Waals surface area contributed by atoms with Crippen LogP contribution in [0.25, 0.3) is 0 Å². The smallest absolute Gasteiger partial charge is 0.265 e. The van der Waals surface area contributed by atoms with Gasteiger partial charge in [-0.15, -0.1) is 11.3 Å². The van der Waals surface area contributed by atoms with Crippen molar-refractivity contribution in [1.82, 2.24) is 4.90 Å². The maximum atomic E-state index is 12.0. The Labute approximate surface area is 103 Å². The number of hydrogen-bond donors (Lipinski definition) is 1. The first-order valence-corrected chi connectivity index (χ1v) is 6.60. The molecule has 16 heavy (non-hydrogen) atoms. The van der Waals surface area contributed by atoms with Crippen molar-refractivity contribution in [1.29, 1.82) is 0 Å². The standard InChI is InChI=1S/C11H12ClNO2S/c12-8-3-4-16-9(8)10(14)13-5-11(15,6-13)7-1-2-7/h3-4,7,15H,1-2,5-6H2. The molecule has 1 N–H and O–H groups in total. The quantitative estimate of drug-likeness (QED) is 0.880. The van der Waals surface area contributed by atoms with E-state index in [-0.39, 0.29) is 5.91 Å². The molecule has 1 aliphatic carbocycles. The fourth-order valence-electron chi connectivity index (χ4n) is 2.23. The summed E-state index contributed by atoms with van der Waals surface area (Å²) in [6.45, 7) is 0.926. The van der Waals surface area contributed by atoms with Crippen LogP contribution in [0.1, 0.15) is 22.5 Å². The number of amides is 1. The Morgan fingerprint density at radius 3 is 2.75 bits per heavy atom. The van der Waals surface area contributed by atoms with Gasteiger partial charge in [-0.05, 0) is 30.2 Å². The molecular weight excluding hydrogens is 246 g/mol. The zero-order valence-electron chi connectivity index (χ0n) is 8.65. The van der Waals surface area contributed by atoms with Gasteiger partial charge in [0.1, 0.15) is 10.5 Å². The highest BCUT2D eigenvalue weighted by atomic mass is 35.5. The lowest BCUT2D eigenvalue weighted by Gasteiger charge is -2.46. The molecule has 0 unspecified atom stereocenters. The van der Waals surface area contributed by atoms with E-state index in [2.05, 4.69) is 0 Å². The van der Waals surface area contributed by atoms with Gasteiger partial charge in [-0.2, -0.15) is 0 Å². The summed E-state index contributed by atoms with van der Waals surface area (Å²) in [5, 5.41) is 12.4. The van der Waals surface area contributed by atoms with Crippen molar-refractivity contribution in [3.8, 4) is 0 Å². The van der Waals surface area contributed by atoms with Crippen LogP contribution in [0, 0.1) is 5.92 Å². The first-order valence-electron chi connectivity index (χ1n) is 5.35. The van der Waals surface area contributed by atoms with E-state index in [1.807, 2.05) is 5.38 Å². The predicted molar refractivity (Wildman–Crippen MR) is 62.9 cm³/mol. The largest absolute Gasteiger partial charge is 0.386 e. The van der Waals surface area contributed by atoms with E-state index < -0.39 is 5.60 Å². The molecule has 1 saturated carbocycles. The predicted octanol–water partition coefficient (Wildman–Crippen LogP) is 2.00. The van der Waals surface area contributed by atoms with Crippen LogP contribution in [0.15, 0.2) is 11.4 Å². The Kier molecular flexibility index (Phi) is 2.28. The van der Waals surface area contributed by atoms with E-state index in [1.165, 1.54) is 11.3 Å². The normalized spacial score (nSPS) is 23.0. The third-order valence-electron chi connectivity index (χ3n) is 3.37. The molecule has 0 spiro atoms. The van der Waals surface area contributed by atoms with E-state index in [9.17, 15) is 9.90 Å². The maximum Gasteiger partial charge on any atom is 0.265 e. The number of rotatable bonds is 2. The summed E-state index contributed by atoms with van der Waals surface area (Å²) in [6, 6.07) is 1.73. The van der Waals surface area contributed by atoms with Crippen molar-refractivity contribution in [3.63, 3.8) is 0 Å². The highest BCUT2D eigenvalue weighted by Gasteiger charge is 2.53. The molecule has 0 bridgehead atoms. The number of carbonyl (C=O) groups is 1. The highest BCUT2D eigenvalue weighted by molar-refractivity contribution is 7.12. The van der Waals surface area contributed by atoms with Gasteiger partial charge in [-0.25, -0.2) is 0 Å². The monoisotopic (exact) mass is 257 g/mol. The van der Waals surface area contributed by atoms with E-state index in [0.717, 1.165) is 12.8 Å². The maximum absolute atomic E-state index is 12.0. The molecule has 86 valence electrons. The van der Waals surface area contributed by atoms with E-state index in [1.54, 1.807) is 11.0 Å². The van der Waals surface area contributed by atoms with Crippen LogP contribution >= 0.6 is 22.9 Å². The van der Waals surface area contributed by atoms with Crippen LogP contribution in [0.4, 0.5) is 0 Å². The molecule has 0 radical (unpaired) electrons. The van der Waals surface area contributed by atoms with Crippen molar-refractivity contribution in [2.24, 2.45) is 5.92 Å². The summed E-state index contributed by atoms with van der Waals surface area (Å²) in [5.41, 5.74) is -0.612. The molecule has 2 aliphatic rings. The number of β-amino-alcohol motifs (C(OH)–C–C–N with tert-alkyl or cyclic N) is 1. The van der Waals surface area contributed by atoms with Gasteiger partial charge < -0.3 is 10.0 Å². The summed E-state index contributed by atoms with van der Waals surface area (Å²) in [5.74, 6) is 0.362. The Morgan fingerprint density at radius 1 is 1.56 bits per heavy atom. The van der Waals surface area contributed by atoms with E-state index >= 15 is 0 Å². The van der Waals surface area contributed by atoms with Crippen molar-refractivity contribution < 1.29 is 9.90 Å². The summed E-state index contributed by atoms with van der Waals surface area (Å²) in [6.07, 6.45) is 2.19. The molecule has 0 aromatic carbocycles. The Hall–Kier alpha value is -0.580. The molecule has 1 aliphatic heterocycles. The second-order valence-electron chi connectivity index (χ2n) is 4.64. The van der Waals surface area contributed by atoms with Gasteiger partial charge in [0.15, 0.2) is 0 Å². The third kappa shape index (κ3) is 1.56. The number of aliphatic hydroxyl groups is 1. The lowest BCUT2D eigenvalue weighted by Crippen LogP contribution is -2.64.